The molecule has 19 heavy (non-hydrogen) atoms. The van der Waals surface area contributed by atoms with Gasteiger partial charge in [0.1, 0.15) is 0 Å². The van der Waals surface area contributed by atoms with E-state index < -0.39 is 5.51 Å². The third kappa shape index (κ3) is 5.98. The Morgan fingerprint density at radius 1 is 1.32 bits per heavy atom. The van der Waals surface area contributed by atoms with E-state index in [0.717, 1.165) is 5.56 Å². The lowest BCUT2D eigenvalue weighted by Gasteiger charge is -2.10. The minimum absolute atomic E-state index is 0.0278. The maximum absolute atomic E-state index is 11.9. The minimum Gasteiger partial charge on any atom is -0.351 e. The van der Waals surface area contributed by atoms with Crippen molar-refractivity contribution in [1.82, 2.24) is 5.32 Å². The highest BCUT2D eigenvalue weighted by molar-refractivity contribution is 8.00. The van der Waals surface area contributed by atoms with Gasteiger partial charge in [0.25, 0.3) is 5.91 Å². The molecular weight excluding hydrogens is 277 g/mol. The Hall–Kier alpha value is -1.21. The summed E-state index contributed by atoms with van der Waals surface area (Å²) in [4.78, 5) is 11.8. The van der Waals surface area contributed by atoms with E-state index >= 15 is 0 Å². The molecule has 0 fully saturated rings. The molecule has 7 heteroatoms. The number of halogens is 3. The molecule has 0 aromatic heterocycles. The molecule has 1 amide bonds. The Balaban J connectivity index is 2.49. The molecule has 3 nitrogen and oxygen atoms in total. The van der Waals surface area contributed by atoms with E-state index in [1.165, 1.54) is 0 Å². The van der Waals surface area contributed by atoms with Crippen LogP contribution in [-0.4, -0.2) is 30.3 Å². The maximum Gasteiger partial charge on any atom is 0.441 e. The van der Waals surface area contributed by atoms with Gasteiger partial charge in [-0.1, -0.05) is 18.2 Å². The average molecular weight is 292 g/mol. The van der Waals surface area contributed by atoms with E-state index in [1.807, 2.05) is 0 Å². The fourth-order valence-corrected chi connectivity index (χ4v) is 1.98. The van der Waals surface area contributed by atoms with E-state index in [1.54, 1.807) is 24.3 Å². The zero-order chi connectivity index (χ0) is 14.3. The quantitative estimate of drug-likeness (QED) is 0.790. The number of hydrogen-bond donors (Lipinski definition) is 2. The third-order valence-corrected chi connectivity index (χ3v) is 3.06. The Labute approximate surface area is 113 Å². The van der Waals surface area contributed by atoms with Gasteiger partial charge in [0.05, 0.1) is 0 Å². The van der Waals surface area contributed by atoms with Crippen molar-refractivity contribution < 1.29 is 18.0 Å². The van der Waals surface area contributed by atoms with E-state index in [2.05, 4.69) is 5.32 Å². The van der Waals surface area contributed by atoms with Crippen LogP contribution in [0.25, 0.3) is 0 Å². The van der Waals surface area contributed by atoms with Gasteiger partial charge in [0.2, 0.25) is 0 Å². The number of carbonyl (C=O) groups excluding carboxylic acids is 1. The molecule has 0 aliphatic rings. The molecule has 0 unspecified atom stereocenters. The van der Waals surface area contributed by atoms with Crippen LogP contribution >= 0.6 is 11.8 Å². The number of rotatable bonds is 6. The monoisotopic (exact) mass is 292 g/mol. The number of alkyl halides is 3. The van der Waals surface area contributed by atoms with Crippen LogP contribution in [0.4, 0.5) is 13.2 Å². The highest BCUT2D eigenvalue weighted by Gasteiger charge is 2.27. The average Bonchev–Trinajstić information content (AvgIpc) is 2.34. The van der Waals surface area contributed by atoms with Crippen molar-refractivity contribution in [3.8, 4) is 0 Å². The predicted octanol–water partition coefficient (Wildman–Crippen LogP) is 2.17. The van der Waals surface area contributed by atoms with Crippen LogP contribution in [0.1, 0.15) is 15.9 Å². The van der Waals surface area contributed by atoms with Gasteiger partial charge in [-0.3, -0.25) is 4.79 Å². The van der Waals surface area contributed by atoms with Gasteiger partial charge in [-0.05, 0) is 36.4 Å². The van der Waals surface area contributed by atoms with Crippen molar-refractivity contribution in [2.45, 2.75) is 11.9 Å². The minimum atomic E-state index is -4.26. The zero-order valence-electron chi connectivity index (χ0n) is 10.2. The first-order valence-electron chi connectivity index (χ1n) is 5.71. The van der Waals surface area contributed by atoms with Crippen molar-refractivity contribution in [2.24, 2.45) is 5.73 Å². The van der Waals surface area contributed by atoms with Crippen molar-refractivity contribution in [1.29, 1.82) is 0 Å². The summed E-state index contributed by atoms with van der Waals surface area (Å²) in [6, 6.07) is 6.92. The number of hydrogen-bond acceptors (Lipinski definition) is 3. The number of carbonyl (C=O) groups is 1. The standard InChI is InChI=1S/C12H15F3N2OS/c13-12(14,15)19-8-7-17-11(18)10-4-2-1-3-9(10)5-6-16/h1-4H,5-8,16H2,(H,17,18). The third-order valence-electron chi connectivity index (χ3n) is 2.33. The predicted molar refractivity (Wildman–Crippen MR) is 70.0 cm³/mol. The first kappa shape index (κ1) is 15.8. The molecule has 0 saturated carbocycles. The summed E-state index contributed by atoms with van der Waals surface area (Å²) >= 11 is -0.150. The number of nitrogens with two attached hydrogens (primary N) is 1. The van der Waals surface area contributed by atoms with Crippen molar-refractivity contribution in [3.05, 3.63) is 35.4 Å². The lowest BCUT2D eigenvalue weighted by atomic mass is 10.0. The second-order valence-corrected chi connectivity index (χ2v) is 4.91. The van der Waals surface area contributed by atoms with Crippen LogP contribution in [-0.2, 0) is 6.42 Å². The van der Waals surface area contributed by atoms with Gasteiger partial charge >= 0.3 is 5.51 Å². The topological polar surface area (TPSA) is 55.1 Å². The van der Waals surface area contributed by atoms with Gasteiger partial charge in [-0.25, -0.2) is 0 Å². The second-order valence-electron chi connectivity index (χ2n) is 3.75. The summed E-state index contributed by atoms with van der Waals surface area (Å²) in [6.07, 6.45) is 0.556. The van der Waals surface area contributed by atoms with E-state index in [4.69, 9.17) is 5.73 Å². The Kier molecular flexibility index (Phi) is 6.17. The second kappa shape index (κ2) is 7.40. The van der Waals surface area contributed by atoms with Gasteiger partial charge in [0, 0.05) is 17.9 Å². The van der Waals surface area contributed by atoms with Gasteiger partial charge in [-0.15, -0.1) is 0 Å². The Morgan fingerprint density at radius 3 is 2.63 bits per heavy atom. The molecule has 3 N–H and O–H groups in total. The summed E-state index contributed by atoms with van der Waals surface area (Å²) in [5.74, 6) is -0.569. The lowest BCUT2D eigenvalue weighted by molar-refractivity contribution is -0.0327. The largest absolute Gasteiger partial charge is 0.441 e. The van der Waals surface area contributed by atoms with Crippen molar-refractivity contribution >= 4 is 17.7 Å². The molecule has 106 valence electrons. The van der Waals surface area contributed by atoms with Crippen LogP contribution in [0.15, 0.2) is 24.3 Å². The number of benzene rings is 1. The summed E-state index contributed by atoms with van der Waals surface area (Å²) in [5, 5.41) is 2.47. The smallest absolute Gasteiger partial charge is 0.351 e. The number of thioether (sulfide) groups is 1. The van der Waals surface area contributed by atoms with Crippen LogP contribution in [0.3, 0.4) is 0 Å². The van der Waals surface area contributed by atoms with Gasteiger partial charge in [0.15, 0.2) is 0 Å². The van der Waals surface area contributed by atoms with Crippen molar-refractivity contribution in [3.63, 3.8) is 0 Å². The SMILES string of the molecule is NCCc1ccccc1C(=O)NCCSC(F)(F)F. The highest BCUT2D eigenvalue weighted by atomic mass is 32.2. The molecular formula is C12H15F3N2OS. The molecule has 0 aliphatic heterocycles. The molecule has 0 saturated heterocycles. The molecule has 0 bridgehead atoms. The first-order valence-corrected chi connectivity index (χ1v) is 6.69. The highest BCUT2D eigenvalue weighted by Crippen LogP contribution is 2.29. The zero-order valence-corrected chi connectivity index (χ0v) is 11.0. The molecule has 0 aliphatic carbocycles. The summed E-state index contributed by atoms with van der Waals surface area (Å²) in [5.41, 5.74) is 2.44. The number of amides is 1. The van der Waals surface area contributed by atoms with E-state index in [0.29, 0.717) is 18.5 Å². The van der Waals surface area contributed by atoms with E-state index in [9.17, 15) is 18.0 Å². The molecule has 0 atom stereocenters. The normalized spacial score (nSPS) is 11.4. The fraction of sp³-hybridized carbons (Fsp3) is 0.417. The molecule has 1 aromatic rings. The molecule has 1 rings (SSSR count). The van der Waals surface area contributed by atoms with Crippen LogP contribution in [0.2, 0.25) is 0 Å². The summed E-state index contributed by atoms with van der Waals surface area (Å²) in [7, 11) is 0. The molecule has 0 spiro atoms. The number of nitrogens with one attached hydrogen (secondary N) is 1. The molecule has 0 radical (unpaired) electrons. The summed E-state index contributed by atoms with van der Waals surface area (Å²) in [6.45, 7) is 0.383. The van der Waals surface area contributed by atoms with Crippen LogP contribution in [0, 0.1) is 0 Å². The van der Waals surface area contributed by atoms with Gasteiger partial charge in [-0.2, -0.15) is 13.2 Å². The van der Waals surface area contributed by atoms with Gasteiger partial charge < -0.3 is 11.1 Å². The summed E-state index contributed by atoms with van der Waals surface area (Å²) < 4.78 is 35.7. The van der Waals surface area contributed by atoms with Crippen molar-refractivity contribution in [2.75, 3.05) is 18.8 Å². The maximum atomic E-state index is 11.9. The molecule has 1 aromatic carbocycles. The first-order chi connectivity index (χ1) is 8.94. The Bertz CT molecular complexity index is 424. The fourth-order valence-electron chi connectivity index (χ4n) is 1.54. The lowest BCUT2D eigenvalue weighted by Crippen LogP contribution is -2.27. The van der Waals surface area contributed by atoms with Crippen LogP contribution < -0.4 is 11.1 Å². The molecule has 0 heterocycles. The van der Waals surface area contributed by atoms with E-state index in [-0.39, 0.29) is 30.0 Å². The Morgan fingerprint density at radius 2 is 2.00 bits per heavy atom. The van der Waals surface area contributed by atoms with Crippen LogP contribution in [0.5, 0.6) is 0 Å².